The van der Waals surface area contributed by atoms with Gasteiger partial charge in [0.1, 0.15) is 0 Å². The third-order valence-electron chi connectivity index (χ3n) is 3.56. The molecule has 0 aliphatic carbocycles. The molecule has 0 saturated carbocycles. The van der Waals surface area contributed by atoms with E-state index in [1.165, 1.54) is 37.2 Å². The summed E-state index contributed by atoms with van der Waals surface area (Å²) in [4.78, 5) is 2.43. The van der Waals surface area contributed by atoms with Crippen LogP contribution in [0.4, 0.5) is 0 Å². The van der Waals surface area contributed by atoms with E-state index in [9.17, 15) is 0 Å². The number of rotatable bonds is 6. The second-order valence-electron chi connectivity index (χ2n) is 6.14. The van der Waals surface area contributed by atoms with Crippen LogP contribution in [0.15, 0.2) is 24.3 Å². The average molecular weight is 246 g/mol. The molecule has 0 spiro atoms. The molecule has 0 atom stereocenters. The zero-order valence-electron chi connectivity index (χ0n) is 11.9. The first kappa shape index (κ1) is 13.6. The van der Waals surface area contributed by atoms with Gasteiger partial charge in [-0.1, -0.05) is 38.1 Å². The molecule has 2 heteroatoms. The molecule has 1 aliphatic rings. The molecule has 100 valence electrons. The Morgan fingerprint density at radius 3 is 2.28 bits per heavy atom. The van der Waals surface area contributed by atoms with Crippen LogP contribution in [0.5, 0.6) is 0 Å². The predicted octanol–water partition coefficient (Wildman–Crippen LogP) is 2.54. The zero-order chi connectivity index (χ0) is 13.0. The maximum absolute atomic E-state index is 3.33. The van der Waals surface area contributed by atoms with Crippen LogP contribution >= 0.6 is 0 Å². The van der Waals surface area contributed by atoms with E-state index in [0.717, 1.165) is 18.4 Å². The summed E-state index contributed by atoms with van der Waals surface area (Å²) in [5.41, 5.74) is 2.89. The highest BCUT2D eigenvalue weighted by molar-refractivity contribution is 5.22. The summed E-state index contributed by atoms with van der Waals surface area (Å²) in [6, 6.07) is 9.14. The van der Waals surface area contributed by atoms with Crippen molar-refractivity contribution in [2.75, 3.05) is 26.7 Å². The zero-order valence-corrected chi connectivity index (χ0v) is 11.9. The lowest BCUT2D eigenvalue weighted by Crippen LogP contribution is -2.47. The van der Waals surface area contributed by atoms with Crippen LogP contribution in [0.25, 0.3) is 0 Å². The first-order chi connectivity index (χ1) is 8.63. The summed E-state index contributed by atoms with van der Waals surface area (Å²) in [6.07, 6.45) is 1.18. The van der Waals surface area contributed by atoms with E-state index in [0.29, 0.717) is 0 Å². The molecule has 18 heavy (non-hydrogen) atoms. The highest BCUT2D eigenvalue weighted by Gasteiger charge is 2.18. The SMILES string of the molecule is CC(C)Cc1ccc(CN(C)CC2CNC2)cc1. The van der Waals surface area contributed by atoms with E-state index in [1.807, 2.05) is 0 Å². The second-order valence-corrected chi connectivity index (χ2v) is 6.14. The number of nitrogens with one attached hydrogen (secondary N) is 1. The minimum atomic E-state index is 0.740. The molecule has 1 aromatic rings. The van der Waals surface area contributed by atoms with Crippen LogP contribution in [0.2, 0.25) is 0 Å². The summed E-state index contributed by atoms with van der Waals surface area (Å²) >= 11 is 0. The molecule has 2 rings (SSSR count). The van der Waals surface area contributed by atoms with Gasteiger partial charge in [0.15, 0.2) is 0 Å². The van der Waals surface area contributed by atoms with Crippen LogP contribution in [0, 0.1) is 11.8 Å². The van der Waals surface area contributed by atoms with E-state index in [4.69, 9.17) is 0 Å². The molecule has 1 heterocycles. The van der Waals surface area contributed by atoms with Gasteiger partial charge < -0.3 is 10.2 Å². The van der Waals surface area contributed by atoms with Crippen LogP contribution in [0.1, 0.15) is 25.0 Å². The Labute approximate surface area is 111 Å². The summed E-state index contributed by atoms with van der Waals surface area (Å²) in [5, 5.41) is 3.33. The van der Waals surface area contributed by atoms with Gasteiger partial charge in [-0.2, -0.15) is 0 Å². The molecule has 0 bridgehead atoms. The minimum absolute atomic E-state index is 0.740. The fourth-order valence-corrected chi connectivity index (χ4v) is 2.55. The number of hydrogen-bond donors (Lipinski definition) is 1. The topological polar surface area (TPSA) is 15.3 Å². The van der Waals surface area contributed by atoms with Crippen LogP contribution in [0.3, 0.4) is 0 Å². The fraction of sp³-hybridized carbons (Fsp3) is 0.625. The van der Waals surface area contributed by atoms with Crippen LogP contribution < -0.4 is 5.32 Å². The van der Waals surface area contributed by atoms with Crippen molar-refractivity contribution in [3.63, 3.8) is 0 Å². The lowest BCUT2D eigenvalue weighted by molar-refractivity contribution is 0.218. The van der Waals surface area contributed by atoms with Gasteiger partial charge in [0.25, 0.3) is 0 Å². The van der Waals surface area contributed by atoms with Crippen molar-refractivity contribution in [2.24, 2.45) is 11.8 Å². The summed E-state index contributed by atoms with van der Waals surface area (Å²) in [7, 11) is 2.22. The molecular formula is C16H26N2. The molecule has 0 aromatic heterocycles. The molecule has 1 aliphatic heterocycles. The molecule has 1 N–H and O–H groups in total. The second kappa shape index (κ2) is 6.35. The Balaban J connectivity index is 1.81. The Morgan fingerprint density at radius 1 is 1.17 bits per heavy atom. The van der Waals surface area contributed by atoms with Gasteiger partial charge in [-0.15, -0.1) is 0 Å². The lowest BCUT2D eigenvalue weighted by Gasteiger charge is -2.31. The van der Waals surface area contributed by atoms with Crippen LogP contribution in [-0.4, -0.2) is 31.6 Å². The molecule has 0 unspecified atom stereocenters. The normalized spacial score (nSPS) is 16.3. The molecule has 1 aromatic carbocycles. The molecule has 0 amide bonds. The van der Waals surface area contributed by atoms with Crippen molar-refractivity contribution in [1.82, 2.24) is 10.2 Å². The molecular weight excluding hydrogens is 220 g/mol. The van der Waals surface area contributed by atoms with Gasteiger partial charge in [0.2, 0.25) is 0 Å². The van der Waals surface area contributed by atoms with Crippen molar-refractivity contribution >= 4 is 0 Å². The third kappa shape index (κ3) is 4.11. The predicted molar refractivity (Wildman–Crippen MR) is 77.7 cm³/mol. The van der Waals surface area contributed by atoms with Crippen molar-refractivity contribution in [3.8, 4) is 0 Å². The first-order valence-corrected chi connectivity index (χ1v) is 7.10. The summed E-state index contributed by atoms with van der Waals surface area (Å²) < 4.78 is 0. The Hall–Kier alpha value is -0.860. The van der Waals surface area contributed by atoms with E-state index in [1.54, 1.807) is 0 Å². The number of benzene rings is 1. The van der Waals surface area contributed by atoms with Crippen LogP contribution in [-0.2, 0) is 13.0 Å². The number of hydrogen-bond acceptors (Lipinski definition) is 2. The Bertz CT molecular complexity index is 352. The van der Waals surface area contributed by atoms with E-state index < -0.39 is 0 Å². The van der Waals surface area contributed by atoms with Crippen molar-refractivity contribution in [2.45, 2.75) is 26.8 Å². The Kier molecular flexibility index (Phi) is 4.79. The average Bonchev–Trinajstić information content (AvgIpc) is 2.26. The van der Waals surface area contributed by atoms with Gasteiger partial charge in [0.05, 0.1) is 0 Å². The maximum Gasteiger partial charge on any atom is 0.0230 e. The standard InChI is InChI=1S/C16H26N2/c1-13(2)8-14-4-6-15(7-5-14)11-18(3)12-16-9-17-10-16/h4-7,13,16-17H,8-12H2,1-3H3. The van der Waals surface area contributed by atoms with Crippen molar-refractivity contribution < 1.29 is 0 Å². The quantitative estimate of drug-likeness (QED) is 0.830. The first-order valence-electron chi connectivity index (χ1n) is 7.10. The largest absolute Gasteiger partial charge is 0.316 e. The molecule has 0 radical (unpaired) electrons. The monoisotopic (exact) mass is 246 g/mol. The van der Waals surface area contributed by atoms with E-state index in [-0.39, 0.29) is 0 Å². The van der Waals surface area contributed by atoms with Gasteiger partial charge in [-0.05, 0) is 36.4 Å². The highest BCUT2D eigenvalue weighted by Crippen LogP contribution is 2.12. The van der Waals surface area contributed by atoms with E-state index >= 15 is 0 Å². The van der Waals surface area contributed by atoms with E-state index in [2.05, 4.69) is 55.4 Å². The summed E-state index contributed by atoms with van der Waals surface area (Å²) in [6.45, 7) is 9.21. The van der Waals surface area contributed by atoms with Gasteiger partial charge in [0, 0.05) is 26.2 Å². The Morgan fingerprint density at radius 2 is 1.78 bits per heavy atom. The van der Waals surface area contributed by atoms with Gasteiger partial charge in [-0.3, -0.25) is 0 Å². The third-order valence-corrected chi connectivity index (χ3v) is 3.56. The highest BCUT2D eigenvalue weighted by atomic mass is 15.1. The molecule has 1 saturated heterocycles. The molecule has 2 nitrogen and oxygen atoms in total. The molecule has 1 fully saturated rings. The van der Waals surface area contributed by atoms with Gasteiger partial charge in [-0.25, -0.2) is 0 Å². The maximum atomic E-state index is 3.33. The lowest BCUT2D eigenvalue weighted by atomic mass is 10.0. The van der Waals surface area contributed by atoms with Gasteiger partial charge >= 0.3 is 0 Å². The smallest absolute Gasteiger partial charge is 0.0230 e. The number of nitrogens with zero attached hydrogens (tertiary/aromatic N) is 1. The summed E-state index contributed by atoms with van der Waals surface area (Å²) in [5.74, 6) is 1.60. The fourth-order valence-electron chi connectivity index (χ4n) is 2.55. The minimum Gasteiger partial charge on any atom is -0.316 e. The van der Waals surface area contributed by atoms with Crippen molar-refractivity contribution in [1.29, 1.82) is 0 Å². The van der Waals surface area contributed by atoms with Crippen molar-refractivity contribution in [3.05, 3.63) is 35.4 Å².